The van der Waals surface area contributed by atoms with Crippen molar-refractivity contribution in [2.75, 3.05) is 6.54 Å². The Bertz CT molecular complexity index is 755. The van der Waals surface area contributed by atoms with E-state index in [-0.39, 0.29) is 17.9 Å². The highest BCUT2D eigenvalue weighted by Gasteiger charge is 2.60. The van der Waals surface area contributed by atoms with Crippen LogP contribution in [0.4, 0.5) is 13.2 Å². The smallest absolute Gasteiger partial charge is 0.317 e. The third kappa shape index (κ3) is 2.29. The van der Waals surface area contributed by atoms with Crippen molar-refractivity contribution in [3.05, 3.63) is 47.5 Å². The molecule has 0 saturated carbocycles. The molecule has 5 nitrogen and oxygen atoms in total. The zero-order chi connectivity index (χ0) is 16.8. The van der Waals surface area contributed by atoms with Crippen LogP contribution in [-0.4, -0.2) is 38.3 Å². The summed E-state index contributed by atoms with van der Waals surface area (Å²) in [6, 6.07) is 6.34. The van der Waals surface area contributed by atoms with Gasteiger partial charge in [0.1, 0.15) is 6.33 Å². The Kier molecular flexibility index (Phi) is 3.42. The monoisotopic (exact) mass is 324 g/mol. The third-order valence-electron chi connectivity index (χ3n) is 4.27. The first kappa shape index (κ1) is 15.5. The van der Waals surface area contributed by atoms with Crippen LogP contribution in [0.1, 0.15) is 28.7 Å². The molecule has 1 aromatic carbocycles. The van der Waals surface area contributed by atoms with Crippen LogP contribution in [0.15, 0.2) is 30.6 Å². The molecule has 0 fully saturated rings. The topological polar surface area (TPSA) is 51.0 Å². The maximum Gasteiger partial charge on any atom is 0.415 e. The summed E-state index contributed by atoms with van der Waals surface area (Å²) in [7, 11) is 1.55. The van der Waals surface area contributed by atoms with Crippen molar-refractivity contribution in [2.45, 2.75) is 25.1 Å². The average Bonchev–Trinajstić information content (AvgIpc) is 2.93. The molecule has 1 aliphatic heterocycles. The number of nitrogens with zero attached hydrogens (tertiary/aromatic N) is 4. The molecule has 3 rings (SSSR count). The van der Waals surface area contributed by atoms with E-state index in [4.69, 9.17) is 0 Å². The van der Waals surface area contributed by atoms with Gasteiger partial charge >= 0.3 is 6.18 Å². The van der Waals surface area contributed by atoms with Gasteiger partial charge in [0.15, 0.2) is 5.54 Å². The maximum atomic E-state index is 13.9. The zero-order valence-electron chi connectivity index (χ0n) is 12.6. The Balaban J connectivity index is 2.12. The van der Waals surface area contributed by atoms with Crippen LogP contribution >= 0.6 is 0 Å². The number of carbonyl (C=O) groups excluding carboxylic acids is 1. The minimum absolute atomic E-state index is 0.0376. The Morgan fingerprint density at radius 3 is 2.61 bits per heavy atom. The van der Waals surface area contributed by atoms with Gasteiger partial charge in [-0.2, -0.15) is 13.2 Å². The highest BCUT2D eigenvalue weighted by Crippen LogP contribution is 2.47. The van der Waals surface area contributed by atoms with Crippen molar-refractivity contribution in [3.63, 3.8) is 0 Å². The Morgan fingerprint density at radius 2 is 2.00 bits per heavy atom. The molecular weight excluding hydrogens is 309 g/mol. The zero-order valence-corrected chi connectivity index (χ0v) is 12.6. The summed E-state index contributed by atoms with van der Waals surface area (Å²) in [5.41, 5.74) is -1.70. The molecule has 2 aromatic rings. The number of amides is 1. The van der Waals surface area contributed by atoms with E-state index in [1.165, 1.54) is 17.1 Å². The summed E-state index contributed by atoms with van der Waals surface area (Å²) in [5.74, 6) is -1.05. The lowest BCUT2D eigenvalue weighted by Gasteiger charge is -2.46. The second-order valence-corrected chi connectivity index (χ2v) is 5.68. The van der Waals surface area contributed by atoms with E-state index in [0.717, 1.165) is 11.8 Å². The van der Waals surface area contributed by atoms with Gasteiger partial charge in [0.25, 0.3) is 5.91 Å². The molecule has 122 valence electrons. The minimum Gasteiger partial charge on any atom is -0.317 e. The largest absolute Gasteiger partial charge is 0.415 e. The normalized spacial score (nSPS) is 21.2. The lowest BCUT2D eigenvalue weighted by molar-refractivity contribution is -0.225. The molecule has 1 aliphatic rings. The molecule has 0 N–H and O–H groups in total. The van der Waals surface area contributed by atoms with Crippen molar-refractivity contribution in [1.29, 1.82) is 0 Å². The van der Waals surface area contributed by atoms with Gasteiger partial charge in [0, 0.05) is 13.6 Å². The van der Waals surface area contributed by atoms with Gasteiger partial charge < -0.3 is 4.90 Å². The number of rotatable bonds is 1. The number of fused-ring (bicyclic) bond motifs is 1. The summed E-state index contributed by atoms with van der Waals surface area (Å²) in [6.45, 7) is 0.996. The van der Waals surface area contributed by atoms with Gasteiger partial charge in [0.2, 0.25) is 5.82 Å². The van der Waals surface area contributed by atoms with Crippen LogP contribution in [0.25, 0.3) is 0 Å². The molecule has 1 atom stereocenters. The molecule has 0 spiro atoms. The molecular formula is C15H15F3N4O. The average molecular weight is 324 g/mol. The SMILES string of the molecule is Cn1cnc(C(=O)N2CCc3ccccc3C2(C)C(F)(F)F)n1. The molecule has 0 radical (unpaired) electrons. The molecule has 1 amide bonds. The van der Waals surface area contributed by atoms with E-state index in [2.05, 4.69) is 10.1 Å². The van der Waals surface area contributed by atoms with Crippen molar-refractivity contribution in [3.8, 4) is 0 Å². The highest BCUT2D eigenvalue weighted by molar-refractivity contribution is 5.91. The van der Waals surface area contributed by atoms with Crippen molar-refractivity contribution >= 4 is 5.91 Å². The third-order valence-corrected chi connectivity index (χ3v) is 4.27. The second kappa shape index (κ2) is 5.07. The fraction of sp³-hybridized carbons (Fsp3) is 0.400. The maximum absolute atomic E-state index is 13.9. The first-order valence-corrected chi connectivity index (χ1v) is 7.08. The highest BCUT2D eigenvalue weighted by atomic mass is 19.4. The van der Waals surface area contributed by atoms with Crippen LogP contribution in [0.2, 0.25) is 0 Å². The summed E-state index contributed by atoms with van der Waals surface area (Å²) in [5, 5.41) is 3.84. The summed E-state index contributed by atoms with van der Waals surface area (Å²) in [4.78, 5) is 17.2. The van der Waals surface area contributed by atoms with Gasteiger partial charge in [-0.1, -0.05) is 24.3 Å². The summed E-state index contributed by atoms with van der Waals surface area (Å²) in [6.07, 6.45) is -2.97. The number of aryl methyl sites for hydroxylation is 1. The van der Waals surface area contributed by atoms with Crippen LogP contribution in [0.5, 0.6) is 0 Å². The van der Waals surface area contributed by atoms with Crippen LogP contribution in [-0.2, 0) is 19.0 Å². The van der Waals surface area contributed by atoms with E-state index in [1.807, 2.05) is 0 Å². The second-order valence-electron chi connectivity index (χ2n) is 5.68. The molecule has 0 aliphatic carbocycles. The predicted molar refractivity (Wildman–Crippen MR) is 75.6 cm³/mol. The summed E-state index contributed by atoms with van der Waals surface area (Å²) < 4.78 is 43.0. The molecule has 0 saturated heterocycles. The lowest BCUT2D eigenvalue weighted by Crippen LogP contribution is -2.59. The predicted octanol–water partition coefficient (Wildman–Crippen LogP) is 2.29. The van der Waals surface area contributed by atoms with Crippen LogP contribution < -0.4 is 0 Å². The van der Waals surface area contributed by atoms with Gasteiger partial charge in [-0.3, -0.25) is 9.48 Å². The molecule has 8 heteroatoms. The number of hydrogen-bond donors (Lipinski definition) is 0. The molecule has 23 heavy (non-hydrogen) atoms. The number of carbonyl (C=O) groups is 1. The number of halogens is 3. The van der Waals surface area contributed by atoms with Gasteiger partial charge in [-0.05, 0) is 24.5 Å². The Labute approximate surface area is 130 Å². The molecule has 0 bridgehead atoms. The fourth-order valence-corrected chi connectivity index (χ4v) is 2.98. The minimum atomic E-state index is -4.62. The summed E-state index contributed by atoms with van der Waals surface area (Å²) >= 11 is 0. The van der Waals surface area contributed by atoms with Gasteiger partial charge in [-0.25, -0.2) is 4.98 Å². The van der Waals surface area contributed by atoms with Crippen LogP contribution in [0.3, 0.4) is 0 Å². The van der Waals surface area contributed by atoms with E-state index in [1.54, 1.807) is 25.2 Å². The van der Waals surface area contributed by atoms with E-state index >= 15 is 0 Å². The van der Waals surface area contributed by atoms with Crippen molar-refractivity contribution in [1.82, 2.24) is 19.7 Å². The van der Waals surface area contributed by atoms with Crippen LogP contribution in [0, 0.1) is 0 Å². The first-order valence-electron chi connectivity index (χ1n) is 7.08. The Hall–Kier alpha value is -2.38. The first-order chi connectivity index (χ1) is 10.7. The quantitative estimate of drug-likeness (QED) is 0.809. The molecule has 1 unspecified atom stereocenters. The fourth-order valence-electron chi connectivity index (χ4n) is 2.98. The van der Waals surface area contributed by atoms with Gasteiger partial charge in [0.05, 0.1) is 0 Å². The van der Waals surface area contributed by atoms with E-state index in [9.17, 15) is 18.0 Å². The number of hydrogen-bond acceptors (Lipinski definition) is 3. The number of aromatic nitrogens is 3. The van der Waals surface area contributed by atoms with Gasteiger partial charge in [-0.15, -0.1) is 5.10 Å². The number of alkyl halides is 3. The Morgan fingerprint density at radius 1 is 1.30 bits per heavy atom. The van der Waals surface area contributed by atoms with E-state index in [0.29, 0.717) is 12.0 Å². The molecule has 2 heterocycles. The van der Waals surface area contributed by atoms with Crippen molar-refractivity contribution < 1.29 is 18.0 Å². The standard InChI is InChI=1S/C15H15F3N4O/c1-14(15(16,17)18)11-6-4-3-5-10(11)7-8-22(14)13(23)12-19-9-21(2)20-12/h3-6,9H,7-8H2,1-2H3. The lowest BCUT2D eigenvalue weighted by atomic mass is 9.81. The molecule has 1 aromatic heterocycles. The number of benzene rings is 1. The van der Waals surface area contributed by atoms with E-state index < -0.39 is 17.6 Å². The van der Waals surface area contributed by atoms with Crippen molar-refractivity contribution in [2.24, 2.45) is 7.05 Å².